The van der Waals surface area contributed by atoms with Gasteiger partial charge in [-0.2, -0.15) is 0 Å². The summed E-state index contributed by atoms with van der Waals surface area (Å²) in [5.41, 5.74) is 2.64. The Morgan fingerprint density at radius 1 is 0.419 bits per heavy atom. The minimum Gasteiger partial charge on any atom is -0.0801 e. The van der Waals surface area contributed by atoms with Gasteiger partial charge in [-0.3, -0.25) is 0 Å². The summed E-state index contributed by atoms with van der Waals surface area (Å²) in [4.78, 5) is 0. The van der Waals surface area contributed by atoms with E-state index in [1.54, 1.807) is 0 Å². The largest absolute Gasteiger partial charge is 0.0801 e. The van der Waals surface area contributed by atoms with Gasteiger partial charge in [-0.15, -0.1) is 0 Å². The molecule has 0 nitrogen and oxygen atoms in total. The van der Waals surface area contributed by atoms with Crippen molar-refractivity contribution in [3.05, 3.63) is 108 Å². The highest BCUT2D eigenvalue weighted by molar-refractivity contribution is 6.36. The fourth-order valence-corrected chi connectivity index (χ4v) is 5.46. The van der Waals surface area contributed by atoms with Crippen molar-refractivity contribution in [3.8, 4) is 0 Å². The van der Waals surface area contributed by atoms with Gasteiger partial charge in [0.15, 0.2) is 0 Å². The van der Waals surface area contributed by atoms with Gasteiger partial charge in [-0.1, -0.05) is 109 Å². The zero-order valence-corrected chi connectivity index (χ0v) is 17.1. The molecular formula is C31H20. The monoisotopic (exact) mass is 392 g/mol. The first-order chi connectivity index (χ1) is 15.4. The van der Waals surface area contributed by atoms with E-state index in [2.05, 4.69) is 109 Å². The molecule has 0 bridgehead atoms. The van der Waals surface area contributed by atoms with Crippen molar-refractivity contribution in [2.45, 2.75) is 6.42 Å². The number of hydrogen-bond acceptors (Lipinski definition) is 0. The molecule has 0 atom stereocenters. The van der Waals surface area contributed by atoms with Crippen LogP contribution < -0.4 is 0 Å². The van der Waals surface area contributed by atoms with Crippen LogP contribution in [0, 0.1) is 0 Å². The topological polar surface area (TPSA) is 0 Å². The highest BCUT2D eigenvalue weighted by atomic mass is 14.2. The summed E-state index contributed by atoms with van der Waals surface area (Å²) in [6.07, 6.45) is 10.1. The fraction of sp³-hybridized carbons (Fsp3) is 0.0323. The lowest BCUT2D eigenvalue weighted by Gasteiger charge is -2.17. The van der Waals surface area contributed by atoms with E-state index in [4.69, 9.17) is 0 Å². The molecule has 0 fully saturated rings. The lowest BCUT2D eigenvalue weighted by Crippen LogP contribution is -1.91. The zero-order chi connectivity index (χ0) is 20.4. The molecule has 0 amide bonds. The van der Waals surface area contributed by atoms with E-state index in [0.717, 1.165) is 6.42 Å². The maximum Gasteiger partial charge on any atom is -0.00199 e. The second-order valence-electron chi connectivity index (χ2n) is 8.45. The highest BCUT2D eigenvalue weighted by Crippen LogP contribution is 2.44. The van der Waals surface area contributed by atoms with Crippen LogP contribution in [0.4, 0.5) is 0 Å². The summed E-state index contributed by atoms with van der Waals surface area (Å²) < 4.78 is 0. The van der Waals surface area contributed by atoms with Crippen LogP contribution in [0.1, 0.15) is 17.5 Å². The van der Waals surface area contributed by atoms with E-state index in [9.17, 15) is 0 Å². The predicted octanol–water partition coefficient (Wildman–Crippen LogP) is 8.88. The van der Waals surface area contributed by atoms with Crippen molar-refractivity contribution in [2.75, 3.05) is 0 Å². The summed E-state index contributed by atoms with van der Waals surface area (Å²) in [7, 11) is 0. The fourth-order valence-electron chi connectivity index (χ4n) is 5.46. The Hall–Kier alpha value is -3.90. The van der Waals surface area contributed by atoms with Crippen molar-refractivity contribution in [1.29, 1.82) is 0 Å². The van der Waals surface area contributed by atoms with E-state index in [1.807, 2.05) is 0 Å². The van der Waals surface area contributed by atoms with Crippen molar-refractivity contribution in [2.24, 2.45) is 0 Å². The van der Waals surface area contributed by atoms with Crippen LogP contribution >= 0.6 is 0 Å². The average molecular weight is 393 g/mol. The highest BCUT2D eigenvalue weighted by Gasteiger charge is 2.16. The molecule has 0 aliphatic heterocycles. The van der Waals surface area contributed by atoms with Gasteiger partial charge in [-0.05, 0) is 71.4 Å². The second kappa shape index (κ2) is 6.30. The van der Waals surface area contributed by atoms with Crippen LogP contribution in [0.3, 0.4) is 0 Å². The quantitative estimate of drug-likeness (QED) is 0.226. The van der Waals surface area contributed by atoms with Crippen molar-refractivity contribution >= 4 is 66.0 Å². The van der Waals surface area contributed by atoms with Crippen molar-refractivity contribution < 1.29 is 0 Å². The first-order valence-corrected chi connectivity index (χ1v) is 10.9. The summed E-state index contributed by atoms with van der Waals surface area (Å²) in [6, 6.07) is 31.4. The Labute approximate surface area is 180 Å². The third-order valence-electron chi connectivity index (χ3n) is 6.80. The molecule has 0 heteroatoms. The molecule has 31 heavy (non-hydrogen) atoms. The van der Waals surface area contributed by atoms with Gasteiger partial charge >= 0.3 is 0 Å². The number of allylic oxidation sites excluding steroid dienone is 2. The minimum absolute atomic E-state index is 0.980. The summed E-state index contributed by atoms with van der Waals surface area (Å²) >= 11 is 0. The molecule has 1 aliphatic carbocycles. The molecular weight excluding hydrogens is 372 g/mol. The Bertz CT molecular complexity index is 1680. The molecule has 1 aliphatic rings. The predicted molar refractivity (Wildman–Crippen MR) is 137 cm³/mol. The second-order valence-corrected chi connectivity index (χ2v) is 8.45. The first kappa shape index (κ1) is 16.8. The maximum absolute atomic E-state index is 2.33. The zero-order valence-electron chi connectivity index (χ0n) is 17.1. The Balaban J connectivity index is 1.89. The molecule has 0 saturated carbocycles. The van der Waals surface area contributed by atoms with Crippen LogP contribution in [0.5, 0.6) is 0 Å². The Morgan fingerprint density at radius 2 is 0.968 bits per heavy atom. The summed E-state index contributed by atoms with van der Waals surface area (Å²) in [6.45, 7) is 0. The molecule has 0 N–H and O–H groups in total. The molecule has 0 radical (unpaired) electrons. The van der Waals surface area contributed by atoms with Crippen LogP contribution in [0.2, 0.25) is 0 Å². The lowest BCUT2D eigenvalue weighted by atomic mass is 9.86. The molecule has 7 rings (SSSR count). The van der Waals surface area contributed by atoms with Crippen LogP contribution in [-0.4, -0.2) is 0 Å². The molecule has 0 unspecified atom stereocenters. The maximum atomic E-state index is 2.33. The van der Waals surface area contributed by atoms with Gasteiger partial charge in [0.25, 0.3) is 0 Å². The number of rotatable bonds is 0. The molecule has 0 saturated heterocycles. The number of hydrogen-bond donors (Lipinski definition) is 0. The molecule has 0 heterocycles. The standard InChI is InChI=1S/C31H20/c1-2-8-20-14-17-26-29(23(20)11-3-1)27-18-15-21-9-4-7-13-25(21)31(27)28-19-16-22-10-5-6-12-24(22)30(26)28/h2-19H,1H2. The number of fused-ring (bicyclic) bond motifs is 12. The molecule has 6 aromatic carbocycles. The molecule has 0 aromatic heterocycles. The van der Waals surface area contributed by atoms with Gasteiger partial charge in [0.05, 0.1) is 0 Å². The third-order valence-corrected chi connectivity index (χ3v) is 6.80. The van der Waals surface area contributed by atoms with Gasteiger partial charge < -0.3 is 0 Å². The average Bonchev–Trinajstić information content (AvgIpc) is 3.08. The smallest absolute Gasteiger partial charge is 0.00199 e. The van der Waals surface area contributed by atoms with Crippen molar-refractivity contribution in [1.82, 2.24) is 0 Å². The van der Waals surface area contributed by atoms with Crippen LogP contribution in [-0.2, 0) is 0 Å². The minimum atomic E-state index is 0.980. The van der Waals surface area contributed by atoms with Crippen molar-refractivity contribution in [3.63, 3.8) is 0 Å². The Morgan fingerprint density at radius 3 is 1.65 bits per heavy atom. The third kappa shape index (κ3) is 2.30. The van der Waals surface area contributed by atoms with E-state index in [0.29, 0.717) is 0 Å². The first-order valence-electron chi connectivity index (χ1n) is 10.9. The van der Waals surface area contributed by atoms with E-state index in [-0.39, 0.29) is 0 Å². The van der Waals surface area contributed by atoms with Crippen LogP contribution in [0.15, 0.2) is 97.1 Å². The van der Waals surface area contributed by atoms with E-state index < -0.39 is 0 Å². The molecule has 144 valence electrons. The lowest BCUT2D eigenvalue weighted by molar-refractivity contribution is 1.44. The van der Waals surface area contributed by atoms with Crippen LogP contribution in [0.25, 0.3) is 66.0 Å². The number of benzene rings is 6. The van der Waals surface area contributed by atoms with E-state index in [1.165, 1.54) is 65.0 Å². The van der Waals surface area contributed by atoms with Gasteiger partial charge in [0.1, 0.15) is 0 Å². The Kier molecular flexibility index (Phi) is 3.42. The molecule has 6 aromatic rings. The SMILES string of the molecule is C1=Cc2ccc3c(c2C=CC1)c1ccc2ccccc2c1c1ccc2ccccc2c31. The van der Waals surface area contributed by atoms with Gasteiger partial charge in [0.2, 0.25) is 0 Å². The van der Waals surface area contributed by atoms with Gasteiger partial charge in [0, 0.05) is 0 Å². The molecule has 0 spiro atoms. The normalized spacial score (nSPS) is 13.4. The van der Waals surface area contributed by atoms with E-state index >= 15 is 0 Å². The summed E-state index contributed by atoms with van der Waals surface area (Å²) in [5.74, 6) is 0. The van der Waals surface area contributed by atoms with Gasteiger partial charge in [-0.25, -0.2) is 0 Å². The summed E-state index contributed by atoms with van der Waals surface area (Å²) in [5, 5.41) is 13.4.